The van der Waals surface area contributed by atoms with Gasteiger partial charge in [0, 0.05) is 11.1 Å². The van der Waals surface area contributed by atoms with Gasteiger partial charge < -0.3 is 39.4 Å². The molecule has 4 N–H and O–H groups in total. The maximum absolute atomic E-state index is 10.7. The van der Waals surface area contributed by atoms with E-state index in [2.05, 4.69) is 0 Å². The number of aliphatic hydroxyl groups excluding tert-OH is 2. The van der Waals surface area contributed by atoms with E-state index < -0.39 is 43.6 Å². The van der Waals surface area contributed by atoms with Crippen LogP contribution in [0.5, 0.6) is 11.5 Å². The van der Waals surface area contributed by atoms with Crippen molar-refractivity contribution in [3.63, 3.8) is 0 Å². The van der Waals surface area contributed by atoms with Crippen molar-refractivity contribution in [1.82, 2.24) is 0 Å². The Balaban J connectivity index is 1.54. The monoisotopic (exact) mass is 390 g/mol. The Morgan fingerprint density at radius 1 is 0.786 bits per heavy atom. The molecule has 0 spiro atoms. The van der Waals surface area contributed by atoms with Crippen LogP contribution < -0.4 is 0 Å². The summed E-state index contributed by atoms with van der Waals surface area (Å²) >= 11 is 0. The zero-order valence-corrected chi connectivity index (χ0v) is 14.9. The molecule has 6 atom stereocenters. The third-order valence-electron chi connectivity index (χ3n) is 4.88. The summed E-state index contributed by atoms with van der Waals surface area (Å²) < 4.78 is 23.4. The summed E-state index contributed by atoms with van der Waals surface area (Å²) in [7, 11) is 0. The number of rotatable bonds is 3. The van der Waals surface area contributed by atoms with E-state index in [1.54, 1.807) is 24.3 Å². The van der Waals surface area contributed by atoms with Gasteiger partial charge in [0.2, 0.25) is 0 Å². The number of phenolic OH excluding ortho intramolecular Hbond substituents is 2. The summed E-state index contributed by atoms with van der Waals surface area (Å²) in [6.45, 7) is -0.338. The first-order chi connectivity index (χ1) is 13.5. The summed E-state index contributed by atoms with van der Waals surface area (Å²) in [5.74, 6) is 0.235. The van der Waals surface area contributed by atoms with E-state index in [1.165, 1.54) is 24.3 Å². The van der Waals surface area contributed by atoms with Gasteiger partial charge in [-0.1, -0.05) is 24.3 Å². The summed E-state index contributed by atoms with van der Waals surface area (Å²) in [6, 6.07) is 12.7. The van der Waals surface area contributed by atoms with E-state index in [0.29, 0.717) is 11.1 Å². The van der Waals surface area contributed by atoms with Gasteiger partial charge in [-0.25, -0.2) is 0 Å². The van der Waals surface area contributed by atoms with Crippen molar-refractivity contribution < 1.29 is 39.4 Å². The molecule has 2 fully saturated rings. The van der Waals surface area contributed by atoms with E-state index in [-0.39, 0.29) is 18.1 Å². The minimum absolute atomic E-state index is 0.0972. The molecule has 28 heavy (non-hydrogen) atoms. The van der Waals surface area contributed by atoms with Crippen LogP contribution in [-0.4, -0.2) is 58.1 Å². The lowest BCUT2D eigenvalue weighted by Crippen LogP contribution is -2.49. The lowest BCUT2D eigenvalue weighted by Gasteiger charge is -2.34. The average Bonchev–Trinajstić information content (AvgIpc) is 3.12. The van der Waals surface area contributed by atoms with Gasteiger partial charge in [-0.2, -0.15) is 0 Å². The smallest absolute Gasteiger partial charge is 0.184 e. The number of aliphatic hydroxyl groups is 2. The van der Waals surface area contributed by atoms with Crippen LogP contribution in [0, 0.1) is 0 Å². The number of hydrogen-bond acceptors (Lipinski definition) is 8. The molecule has 150 valence electrons. The normalized spacial score (nSPS) is 33.1. The third-order valence-corrected chi connectivity index (χ3v) is 4.88. The number of phenols is 2. The molecule has 2 aliphatic heterocycles. The van der Waals surface area contributed by atoms with Crippen LogP contribution in [0.4, 0.5) is 0 Å². The number of aromatic hydroxyl groups is 2. The third kappa shape index (κ3) is 3.83. The van der Waals surface area contributed by atoms with Crippen LogP contribution in [0.25, 0.3) is 0 Å². The summed E-state index contributed by atoms with van der Waals surface area (Å²) in [5.41, 5.74) is 1.32. The Kier molecular flexibility index (Phi) is 5.49. The lowest BCUT2D eigenvalue weighted by molar-refractivity contribution is -0.241. The standard InChI is InChI=1S/C20H22O8/c21-9-15-17(24)18-16(27-20(28-18)12-3-7-14(23)8-4-12)10-25-19(26-15)11-1-5-13(22)6-2-11/h1-8,15-24H,9-10H2/t15-,16+,17+,18+,19?,20?/m1/s1. The van der Waals surface area contributed by atoms with Crippen molar-refractivity contribution in [1.29, 1.82) is 0 Å². The van der Waals surface area contributed by atoms with Crippen LogP contribution in [0.15, 0.2) is 48.5 Å². The molecule has 2 aromatic rings. The van der Waals surface area contributed by atoms with Crippen molar-refractivity contribution in [2.75, 3.05) is 13.2 Å². The van der Waals surface area contributed by atoms with Gasteiger partial charge in [-0.3, -0.25) is 0 Å². The number of ether oxygens (including phenoxy) is 4. The quantitative estimate of drug-likeness (QED) is 0.620. The predicted molar refractivity (Wildman–Crippen MR) is 95.4 cm³/mol. The molecular weight excluding hydrogens is 368 g/mol. The number of benzene rings is 2. The fraction of sp³-hybridized carbons (Fsp3) is 0.400. The van der Waals surface area contributed by atoms with E-state index in [0.717, 1.165) is 0 Å². The summed E-state index contributed by atoms with van der Waals surface area (Å²) in [6.07, 6.45) is -5.00. The first-order valence-electron chi connectivity index (χ1n) is 9.00. The molecule has 0 radical (unpaired) electrons. The van der Waals surface area contributed by atoms with Crippen LogP contribution >= 0.6 is 0 Å². The molecular formula is C20H22O8. The van der Waals surface area contributed by atoms with Crippen molar-refractivity contribution >= 4 is 0 Å². The molecule has 8 nitrogen and oxygen atoms in total. The Morgan fingerprint density at radius 2 is 1.36 bits per heavy atom. The summed E-state index contributed by atoms with van der Waals surface area (Å²) in [4.78, 5) is 0. The van der Waals surface area contributed by atoms with Crippen LogP contribution in [0.3, 0.4) is 0 Å². The Hall–Kier alpha value is -2.20. The zero-order valence-electron chi connectivity index (χ0n) is 14.9. The second kappa shape index (κ2) is 8.04. The molecule has 2 heterocycles. The molecule has 0 aromatic heterocycles. The van der Waals surface area contributed by atoms with Crippen molar-refractivity contribution in [3.05, 3.63) is 59.7 Å². The molecule has 8 heteroatoms. The Labute approximate surface area is 161 Å². The zero-order chi connectivity index (χ0) is 19.7. The minimum atomic E-state index is -1.14. The van der Waals surface area contributed by atoms with Gasteiger partial charge >= 0.3 is 0 Å². The topological polar surface area (TPSA) is 118 Å². The first-order valence-corrected chi connectivity index (χ1v) is 9.00. The highest BCUT2D eigenvalue weighted by Gasteiger charge is 2.46. The van der Waals surface area contributed by atoms with Crippen LogP contribution in [0.2, 0.25) is 0 Å². The van der Waals surface area contributed by atoms with Crippen LogP contribution in [0.1, 0.15) is 23.7 Å². The molecule has 2 unspecified atom stereocenters. The maximum atomic E-state index is 10.7. The molecule has 0 saturated carbocycles. The van der Waals surface area contributed by atoms with Gasteiger partial charge in [-0.15, -0.1) is 0 Å². The molecule has 0 bridgehead atoms. The van der Waals surface area contributed by atoms with Crippen molar-refractivity contribution in [2.45, 2.75) is 37.0 Å². The molecule has 2 aromatic carbocycles. The second-order valence-corrected chi connectivity index (χ2v) is 6.80. The van der Waals surface area contributed by atoms with Crippen molar-refractivity contribution in [2.24, 2.45) is 0 Å². The maximum Gasteiger partial charge on any atom is 0.184 e. The highest BCUT2D eigenvalue weighted by atomic mass is 16.8. The van der Waals surface area contributed by atoms with Crippen LogP contribution in [-0.2, 0) is 18.9 Å². The number of fused-ring (bicyclic) bond motifs is 1. The molecule has 0 aliphatic carbocycles. The van der Waals surface area contributed by atoms with E-state index in [4.69, 9.17) is 18.9 Å². The minimum Gasteiger partial charge on any atom is -0.508 e. The SMILES string of the molecule is OC[C@H]1OC(c2ccc(O)cc2)OC[C@@H]2OC(c3ccc(O)cc3)O[C@@H]2[C@H]1O. The van der Waals surface area contributed by atoms with Gasteiger partial charge in [0.05, 0.1) is 13.2 Å². The van der Waals surface area contributed by atoms with Crippen molar-refractivity contribution in [3.8, 4) is 11.5 Å². The van der Waals surface area contributed by atoms with Gasteiger partial charge in [0.15, 0.2) is 12.6 Å². The van der Waals surface area contributed by atoms with E-state index in [9.17, 15) is 20.4 Å². The molecule has 0 amide bonds. The Morgan fingerprint density at radius 3 is 1.93 bits per heavy atom. The average molecular weight is 390 g/mol. The highest BCUT2D eigenvalue weighted by Crippen LogP contribution is 2.37. The van der Waals surface area contributed by atoms with E-state index >= 15 is 0 Å². The highest BCUT2D eigenvalue weighted by molar-refractivity contribution is 5.28. The van der Waals surface area contributed by atoms with Gasteiger partial charge in [-0.05, 0) is 24.3 Å². The fourth-order valence-corrected chi connectivity index (χ4v) is 3.35. The lowest BCUT2D eigenvalue weighted by atomic mass is 10.0. The Bertz CT molecular complexity index is 778. The molecule has 2 aliphatic rings. The van der Waals surface area contributed by atoms with Gasteiger partial charge in [0.25, 0.3) is 0 Å². The fourth-order valence-electron chi connectivity index (χ4n) is 3.35. The predicted octanol–water partition coefficient (Wildman–Crippen LogP) is 1.35. The van der Waals surface area contributed by atoms with E-state index in [1.807, 2.05) is 0 Å². The summed E-state index contributed by atoms with van der Waals surface area (Å²) in [5, 5.41) is 39.4. The molecule has 4 rings (SSSR count). The second-order valence-electron chi connectivity index (χ2n) is 6.80. The largest absolute Gasteiger partial charge is 0.508 e. The van der Waals surface area contributed by atoms with Gasteiger partial charge in [0.1, 0.15) is 35.9 Å². The number of hydrogen-bond donors (Lipinski definition) is 4. The molecule has 2 saturated heterocycles. The first kappa shape index (κ1) is 19.1.